The number of pyridine rings is 1. The molecule has 0 aliphatic heterocycles. The number of aromatic nitrogens is 3. The molecule has 0 saturated heterocycles. The van der Waals surface area contributed by atoms with E-state index in [1.807, 2.05) is 53.0 Å². The molecule has 0 aliphatic rings. The number of rotatable bonds is 2. The van der Waals surface area contributed by atoms with E-state index in [-0.39, 0.29) is 0 Å². The van der Waals surface area contributed by atoms with Crippen LogP contribution >= 0.6 is 0 Å². The molecule has 7 aromatic rings. The minimum Gasteiger partial charge on any atom is -0.461 e. The van der Waals surface area contributed by atoms with Crippen LogP contribution in [0.4, 0.5) is 5.69 Å². The number of hydrogen-bond acceptors (Lipinski definition) is 2. The fraction of sp³-hybridized carbons (Fsp3) is 0.0938. The van der Waals surface area contributed by atoms with Gasteiger partial charge in [-0.3, -0.25) is 4.98 Å². The number of nitrogens with zero attached hydrogens (tertiary/aromatic N) is 4. The first-order valence-corrected chi connectivity index (χ1v) is 12.1. The molecule has 0 aliphatic carbocycles. The van der Waals surface area contributed by atoms with E-state index in [1.165, 1.54) is 11.1 Å². The Kier molecular flexibility index (Phi) is 4.49. The minimum atomic E-state index is 0.643. The van der Waals surface area contributed by atoms with Crippen molar-refractivity contribution in [2.24, 2.45) is 7.05 Å². The lowest BCUT2D eigenvalue weighted by Gasteiger charge is -2.09. The van der Waals surface area contributed by atoms with Crippen molar-refractivity contribution >= 4 is 49.2 Å². The lowest BCUT2D eigenvalue weighted by atomic mass is 9.98. The van der Waals surface area contributed by atoms with Crippen LogP contribution in [0.2, 0.25) is 0 Å². The summed E-state index contributed by atoms with van der Waals surface area (Å²) in [6.45, 7) is 11.5. The van der Waals surface area contributed by atoms with Gasteiger partial charge in [-0.1, -0.05) is 24.3 Å². The van der Waals surface area contributed by atoms with Crippen molar-refractivity contribution in [2.75, 3.05) is 0 Å². The Labute approximate surface area is 213 Å². The first-order valence-electron chi connectivity index (χ1n) is 12.1. The van der Waals surface area contributed by atoms with Gasteiger partial charge in [-0.25, -0.2) is 4.85 Å². The van der Waals surface area contributed by atoms with Crippen LogP contribution < -0.4 is 4.57 Å². The Balaban J connectivity index is 1.56. The highest BCUT2D eigenvalue weighted by Gasteiger charge is 2.17. The maximum Gasteiger partial charge on any atom is 0.243 e. The number of aryl methyl sites for hydroxylation is 3. The standard InChI is InChI=1S/C32H22N4O/c1-19-11-29(34-17-20(19)2)23-14-28-27-13-22-6-5-21-12-24(33-3)7-8-25(21)26(22)16-31(27)37-32(28)30(15-23)36-10-9-35(4)18-36/h5-17H,1-2,4H3. The zero-order chi connectivity index (χ0) is 25.3. The minimum absolute atomic E-state index is 0.643. The predicted molar refractivity (Wildman–Crippen MR) is 147 cm³/mol. The Morgan fingerprint density at radius 2 is 1.73 bits per heavy atom. The highest BCUT2D eigenvalue weighted by molar-refractivity contribution is 6.17. The van der Waals surface area contributed by atoms with E-state index >= 15 is 0 Å². The van der Waals surface area contributed by atoms with Gasteiger partial charge in [-0.15, -0.1) is 0 Å². The molecule has 4 aromatic carbocycles. The third-order valence-corrected chi connectivity index (χ3v) is 7.25. The summed E-state index contributed by atoms with van der Waals surface area (Å²) in [5, 5.41) is 6.50. The van der Waals surface area contributed by atoms with Crippen LogP contribution in [0.15, 0.2) is 83.7 Å². The quantitative estimate of drug-likeness (QED) is 0.146. The van der Waals surface area contributed by atoms with Crippen molar-refractivity contribution < 1.29 is 8.98 Å². The first-order chi connectivity index (χ1) is 18.0. The third-order valence-electron chi connectivity index (χ3n) is 7.25. The van der Waals surface area contributed by atoms with E-state index in [4.69, 9.17) is 16.0 Å². The molecule has 0 saturated carbocycles. The molecule has 0 bridgehead atoms. The summed E-state index contributed by atoms with van der Waals surface area (Å²) in [7, 11) is 1.96. The van der Waals surface area contributed by atoms with E-state index in [1.54, 1.807) is 0 Å². The molecule has 5 heteroatoms. The van der Waals surface area contributed by atoms with Gasteiger partial charge in [0.05, 0.1) is 25.0 Å². The fourth-order valence-corrected chi connectivity index (χ4v) is 5.12. The topological polar surface area (TPSA) is 39.2 Å². The van der Waals surface area contributed by atoms with Crippen LogP contribution in [0, 0.1) is 26.7 Å². The van der Waals surface area contributed by atoms with Crippen LogP contribution in [0.25, 0.3) is 65.3 Å². The van der Waals surface area contributed by atoms with E-state index in [0.717, 1.165) is 60.4 Å². The fourth-order valence-electron chi connectivity index (χ4n) is 5.12. The zero-order valence-corrected chi connectivity index (χ0v) is 20.7. The summed E-state index contributed by atoms with van der Waals surface area (Å²) in [6, 6.07) is 20.8. The number of furan rings is 1. The predicted octanol–water partition coefficient (Wildman–Crippen LogP) is 7.54. The summed E-state index contributed by atoms with van der Waals surface area (Å²) in [6.07, 6.45) is 9.21. The van der Waals surface area contributed by atoms with Gasteiger partial charge >= 0.3 is 0 Å². The second-order valence-electron chi connectivity index (χ2n) is 9.66. The summed E-state index contributed by atoms with van der Waals surface area (Å²) in [5.41, 5.74) is 7.54. The molecule has 0 amide bonds. The summed E-state index contributed by atoms with van der Waals surface area (Å²) in [5.74, 6) is 0. The van der Waals surface area contributed by atoms with Crippen molar-refractivity contribution in [3.8, 4) is 16.9 Å². The van der Waals surface area contributed by atoms with Gasteiger partial charge in [0.15, 0.2) is 5.69 Å². The van der Waals surface area contributed by atoms with Crippen molar-refractivity contribution in [3.63, 3.8) is 0 Å². The molecule has 37 heavy (non-hydrogen) atoms. The molecule has 3 heterocycles. The van der Waals surface area contributed by atoms with E-state index < -0.39 is 0 Å². The molecule has 0 spiro atoms. The van der Waals surface area contributed by atoms with E-state index in [0.29, 0.717) is 5.69 Å². The van der Waals surface area contributed by atoms with Crippen molar-refractivity contribution in [3.05, 3.63) is 108 Å². The molecule has 0 atom stereocenters. The number of benzene rings is 4. The molecule has 7 rings (SSSR count). The molecule has 3 aromatic heterocycles. The molecular formula is C32H22N4O. The molecular weight excluding hydrogens is 456 g/mol. The Hall–Kier alpha value is -4.95. The average Bonchev–Trinajstić information content (AvgIpc) is 3.51. The van der Waals surface area contributed by atoms with Gasteiger partial charge in [-0.2, -0.15) is 0 Å². The zero-order valence-electron chi connectivity index (χ0n) is 20.7. The van der Waals surface area contributed by atoms with Crippen LogP contribution in [0.5, 0.6) is 0 Å². The van der Waals surface area contributed by atoms with Crippen molar-refractivity contribution in [1.29, 1.82) is 0 Å². The molecule has 0 radical (unpaired) electrons. The third kappa shape index (κ3) is 3.30. The monoisotopic (exact) mass is 478 g/mol. The summed E-state index contributed by atoms with van der Waals surface area (Å²) >= 11 is 0. The number of hydrogen-bond donors (Lipinski definition) is 0. The van der Waals surface area contributed by atoms with Crippen molar-refractivity contribution in [1.82, 2.24) is 9.55 Å². The van der Waals surface area contributed by atoms with Gasteiger partial charge in [0.1, 0.15) is 11.2 Å². The van der Waals surface area contributed by atoms with Crippen molar-refractivity contribution in [2.45, 2.75) is 13.8 Å². The highest BCUT2D eigenvalue weighted by atomic mass is 16.3. The molecule has 0 unspecified atom stereocenters. The molecule has 176 valence electrons. The second kappa shape index (κ2) is 7.78. The van der Waals surface area contributed by atoms with Crippen LogP contribution in [-0.4, -0.2) is 9.55 Å². The Morgan fingerprint density at radius 1 is 0.892 bits per heavy atom. The second-order valence-corrected chi connectivity index (χ2v) is 9.66. The van der Waals surface area contributed by atoms with Crippen LogP contribution in [0.3, 0.4) is 0 Å². The Morgan fingerprint density at radius 3 is 2.49 bits per heavy atom. The largest absolute Gasteiger partial charge is 0.461 e. The van der Waals surface area contributed by atoms with E-state index in [2.05, 4.69) is 67.5 Å². The van der Waals surface area contributed by atoms with Gasteiger partial charge in [0, 0.05) is 29.4 Å². The average molecular weight is 479 g/mol. The SMILES string of the molecule is [C-]#[N+]c1ccc2c(ccc3cc4c(cc32)oc2c(-n3[c-][n+](C)cc3)cc(-c3cc(C)c(C)cn3)cc24)c1. The molecule has 0 N–H and O–H groups in total. The van der Waals surface area contributed by atoms with Crippen LogP contribution in [-0.2, 0) is 7.05 Å². The molecule has 5 nitrogen and oxygen atoms in total. The maximum atomic E-state index is 7.35. The lowest BCUT2D eigenvalue weighted by Crippen LogP contribution is -2.24. The van der Waals surface area contributed by atoms with Gasteiger partial charge in [-0.05, 0) is 88.5 Å². The van der Waals surface area contributed by atoms with Gasteiger partial charge in [0.25, 0.3) is 0 Å². The maximum absolute atomic E-state index is 7.35. The van der Waals surface area contributed by atoms with Crippen LogP contribution in [0.1, 0.15) is 11.1 Å². The normalized spacial score (nSPS) is 11.6. The first kappa shape index (κ1) is 21.3. The molecule has 0 fully saturated rings. The summed E-state index contributed by atoms with van der Waals surface area (Å²) in [4.78, 5) is 8.32. The number of imidazole rings is 1. The van der Waals surface area contributed by atoms with Gasteiger partial charge in [0.2, 0.25) is 6.33 Å². The van der Waals surface area contributed by atoms with Gasteiger partial charge < -0.3 is 13.6 Å². The lowest BCUT2D eigenvalue weighted by molar-refractivity contribution is -0.674. The highest BCUT2D eigenvalue weighted by Crippen LogP contribution is 2.39. The Bertz CT molecular complexity index is 2090. The summed E-state index contributed by atoms with van der Waals surface area (Å²) < 4.78 is 10.4. The smallest absolute Gasteiger partial charge is 0.243 e. The number of fused-ring (bicyclic) bond motifs is 6. The van der Waals surface area contributed by atoms with E-state index in [9.17, 15) is 0 Å².